The van der Waals surface area contributed by atoms with E-state index in [4.69, 9.17) is 5.73 Å². The molecule has 4 nitrogen and oxygen atoms in total. The van der Waals surface area contributed by atoms with Crippen molar-refractivity contribution in [3.8, 4) is 0 Å². The molecule has 3 rings (SSSR count). The number of carbonyl (C=O) groups is 1. The maximum atomic E-state index is 12.0. The second kappa shape index (κ2) is 4.05. The van der Waals surface area contributed by atoms with E-state index in [0.717, 1.165) is 11.3 Å². The van der Waals surface area contributed by atoms with Crippen LogP contribution in [0.3, 0.4) is 0 Å². The summed E-state index contributed by atoms with van der Waals surface area (Å²) in [5.74, 6) is 1.01. The summed E-state index contributed by atoms with van der Waals surface area (Å²) in [4.78, 5) is 18.1. The minimum atomic E-state index is 0.00389. The molecule has 0 spiro atoms. The van der Waals surface area contributed by atoms with Gasteiger partial charge in [-0.05, 0) is 36.3 Å². The smallest absolute Gasteiger partial charge is 0.224 e. The molecule has 96 valence electrons. The third kappa shape index (κ3) is 1.63. The molecule has 1 fully saturated rings. The first-order chi connectivity index (χ1) is 8.61. The number of nitrogens with zero attached hydrogens (tertiary/aromatic N) is 2. The van der Waals surface area contributed by atoms with Gasteiger partial charge in [0.05, 0.1) is 11.9 Å². The number of amides is 1. The summed E-state index contributed by atoms with van der Waals surface area (Å²) in [6.45, 7) is 3.79. The average molecular weight is 245 g/mol. The first-order valence-electron chi connectivity index (χ1n) is 6.60. The molecule has 1 saturated carbocycles. The lowest BCUT2D eigenvalue weighted by atomic mass is 9.81. The van der Waals surface area contributed by atoms with Gasteiger partial charge in [0.15, 0.2) is 0 Å². The van der Waals surface area contributed by atoms with Gasteiger partial charge in [-0.1, -0.05) is 6.92 Å². The molecule has 2 aliphatic rings. The van der Waals surface area contributed by atoms with Gasteiger partial charge in [0.1, 0.15) is 0 Å². The lowest BCUT2D eigenvalue weighted by Gasteiger charge is -2.44. The van der Waals surface area contributed by atoms with E-state index in [0.29, 0.717) is 11.8 Å². The topological polar surface area (TPSA) is 59.2 Å². The van der Waals surface area contributed by atoms with Crippen LogP contribution in [-0.2, 0) is 4.79 Å². The highest BCUT2D eigenvalue weighted by molar-refractivity contribution is 5.93. The molecule has 2 N–H and O–H groups in total. The summed E-state index contributed by atoms with van der Waals surface area (Å²) in [5, 5.41) is 0. The van der Waals surface area contributed by atoms with Gasteiger partial charge in [-0.15, -0.1) is 0 Å². The summed E-state index contributed by atoms with van der Waals surface area (Å²) >= 11 is 0. The van der Waals surface area contributed by atoms with Crippen LogP contribution >= 0.6 is 0 Å². The molecule has 0 saturated heterocycles. The standard InChI is InChI=1S/C14H19N3O/c1-8-13(15)11-5-6-16-7-12(11)17(9(2)18)14(8)10-3-4-10/h5-8,10,13-14H,3-4,15H2,1-2H3/t8-,13-,14-/m1/s1. The lowest BCUT2D eigenvalue weighted by Crippen LogP contribution is -2.51. The fourth-order valence-corrected chi connectivity index (χ4v) is 3.23. The molecular weight excluding hydrogens is 226 g/mol. The van der Waals surface area contributed by atoms with Crippen LogP contribution in [0.1, 0.15) is 38.3 Å². The maximum Gasteiger partial charge on any atom is 0.224 e. The highest BCUT2D eigenvalue weighted by atomic mass is 16.2. The summed E-state index contributed by atoms with van der Waals surface area (Å²) in [7, 11) is 0. The number of fused-ring (bicyclic) bond motifs is 1. The molecule has 0 bridgehead atoms. The molecule has 1 amide bonds. The summed E-state index contributed by atoms with van der Waals surface area (Å²) < 4.78 is 0. The van der Waals surface area contributed by atoms with Crippen LogP contribution in [0.15, 0.2) is 18.5 Å². The number of hydrogen-bond donors (Lipinski definition) is 1. The van der Waals surface area contributed by atoms with Crippen LogP contribution in [0.25, 0.3) is 0 Å². The maximum absolute atomic E-state index is 12.0. The van der Waals surface area contributed by atoms with E-state index in [-0.39, 0.29) is 18.0 Å². The van der Waals surface area contributed by atoms with Crippen LogP contribution in [0.5, 0.6) is 0 Å². The van der Waals surface area contributed by atoms with Crippen LogP contribution in [0.4, 0.5) is 5.69 Å². The van der Waals surface area contributed by atoms with Crippen molar-refractivity contribution in [1.82, 2.24) is 4.98 Å². The van der Waals surface area contributed by atoms with Gasteiger partial charge in [-0.3, -0.25) is 9.78 Å². The Labute approximate surface area is 107 Å². The fourth-order valence-electron chi connectivity index (χ4n) is 3.23. The number of nitrogens with two attached hydrogens (primary N) is 1. The van der Waals surface area contributed by atoms with Crippen molar-refractivity contribution in [3.63, 3.8) is 0 Å². The molecule has 18 heavy (non-hydrogen) atoms. The van der Waals surface area contributed by atoms with Gasteiger partial charge in [-0.25, -0.2) is 0 Å². The third-order valence-electron chi connectivity index (χ3n) is 4.30. The molecule has 0 aromatic carbocycles. The Kier molecular flexibility index (Phi) is 2.63. The van der Waals surface area contributed by atoms with E-state index in [1.807, 2.05) is 11.0 Å². The third-order valence-corrected chi connectivity index (χ3v) is 4.30. The Morgan fingerprint density at radius 2 is 2.22 bits per heavy atom. The molecule has 2 heterocycles. The molecule has 1 aromatic heterocycles. The van der Waals surface area contributed by atoms with Gasteiger partial charge in [-0.2, -0.15) is 0 Å². The molecule has 0 radical (unpaired) electrons. The molecule has 1 aromatic rings. The van der Waals surface area contributed by atoms with Crippen molar-refractivity contribution in [3.05, 3.63) is 24.0 Å². The number of carbonyl (C=O) groups excluding carboxylic acids is 1. The minimum absolute atomic E-state index is 0.00389. The van der Waals surface area contributed by atoms with Gasteiger partial charge in [0, 0.05) is 25.2 Å². The Morgan fingerprint density at radius 3 is 2.83 bits per heavy atom. The zero-order valence-corrected chi connectivity index (χ0v) is 10.8. The zero-order valence-electron chi connectivity index (χ0n) is 10.8. The first kappa shape index (κ1) is 11.7. The first-order valence-corrected chi connectivity index (χ1v) is 6.60. The van der Waals surface area contributed by atoms with E-state index >= 15 is 0 Å². The van der Waals surface area contributed by atoms with E-state index < -0.39 is 0 Å². The number of anilines is 1. The minimum Gasteiger partial charge on any atom is -0.324 e. The Bertz CT molecular complexity index is 484. The summed E-state index contributed by atoms with van der Waals surface area (Å²) in [6, 6.07) is 2.19. The predicted molar refractivity (Wildman–Crippen MR) is 70.0 cm³/mol. The summed E-state index contributed by atoms with van der Waals surface area (Å²) in [5.41, 5.74) is 8.30. The second-order valence-corrected chi connectivity index (χ2v) is 5.54. The van der Waals surface area contributed by atoms with Crippen LogP contribution in [0, 0.1) is 11.8 Å². The van der Waals surface area contributed by atoms with Gasteiger partial charge in [0.25, 0.3) is 0 Å². The largest absolute Gasteiger partial charge is 0.324 e. The number of hydrogen-bond acceptors (Lipinski definition) is 3. The molecule has 1 aliphatic carbocycles. The number of pyridine rings is 1. The highest BCUT2D eigenvalue weighted by Crippen LogP contribution is 2.47. The average Bonchev–Trinajstić information content (AvgIpc) is 3.17. The summed E-state index contributed by atoms with van der Waals surface area (Å²) in [6.07, 6.45) is 5.95. The molecule has 1 aliphatic heterocycles. The van der Waals surface area contributed by atoms with Gasteiger partial charge < -0.3 is 10.6 Å². The van der Waals surface area contributed by atoms with E-state index in [2.05, 4.69) is 11.9 Å². The Balaban J connectivity index is 2.11. The lowest BCUT2D eigenvalue weighted by molar-refractivity contribution is -0.117. The van der Waals surface area contributed by atoms with Crippen LogP contribution < -0.4 is 10.6 Å². The Morgan fingerprint density at radius 1 is 1.50 bits per heavy atom. The molecule has 0 unspecified atom stereocenters. The number of rotatable bonds is 1. The second-order valence-electron chi connectivity index (χ2n) is 5.54. The van der Waals surface area contributed by atoms with E-state index in [1.54, 1.807) is 19.3 Å². The SMILES string of the molecule is CC(=O)N1c2cnccc2[C@H](N)[C@@H](C)[C@@H]1C1CC1. The number of aromatic nitrogens is 1. The molecular formula is C14H19N3O. The monoisotopic (exact) mass is 245 g/mol. The van der Waals surface area contributed by atoms with Crippen LogP contribution in [0.2, 0.25) is 0 Å². The quantitative estimate of drug-likeness (QED) is 0.821. The van der Waals surface area contributed by atoms with E-state index in [9.17, 15) is 4.79 Å². The van der Waals surface area contributed by atoms with Crippen molar-refractivity contribution in [1.29, 1.82) is 0 Å². The Hall–Kier alpha value is -1.42. The predicted octanol–water partition coefficient (Wildman–Crippen LogP) is 1.86. The normalized spacial score (nSPS) is 31.1. The van der Waals surface area contributed by atoms with Crippen molar-refractivity contribution in [2.24, 2.45) is 17.6 Å². The molecule has 4 heteroatoms. The van der Waals surface area contributed by atoms with Crippen molar-refractivity contribution >= 4 is 11.6 Å². The molecule has 3 atom stereocenters. The van der Waals surface area contributed by atoms with E-state index in [1.165, 1.54) is 12.8 Å². The van der Waals surface area contributed by atoms with Crippen molar-refractivity contribution in [2.45, 2.75) is 38.8 Å². The fraction of sp³-hybridized carbons (Fsp3) is 0.571. The zero-order chi connectivity index (χ0) is 12.9. The van der Waals surface area contributed by atoms with Gasteiger partial charge >= 0.3 is 0 Å². The van der Waals surface area contributed by atoms with Crippen molar-refractivity contribution < 1.29 is 4.79 Å². The van der Waals surface area contributed by atoms with Gasteiger partial charge in [0.2, 0.25) is 5.91 Å². The highest BCUT2D eigenvalue weighted by Gasteiger charge is 2.46. The van der Waals surface area contributed by atoms with Crippen LogP contribution in [-0.4, -0.2) is 16.9 Å². The van der Waals surface area contributed by atoms with Crippen molar-refractivity contribution in [2.75, 3.05) is 4.90 Å².